The molecule has 0 aromatic heterocycles. The molecule has 0 aliphatic heterocycles. The van der Waals surface area contributed by atoms with Gasteiger partial charge in [0.25, 0.3) is 0 Å². The number of alkyl halides is 1. The van der Waals surface area contributed by atoms with Crippen molar-refractivity contribution in [3.8, 4) is 0 Å². The first-order valence-electron chi connectivity index (χ1n) is 4.95. The van der Waals surface area contributed by atoms with Gasteiger partial charge in [0.15, 0.2) is 5.67 Å². The molecule has 2 atom stereocenters. The molecule has 0 saturated carbocycles. The number of aliphatic hydroxyl groups excluding tert-OH is 1. The molecule has 0 heterocycles. The number of aryl methyl sites for hydroxylation is 1. The molecule has 0 amide bonds. The van der Waals surface area contributed by atoms with E-state index in [0.717, 1.165) is 5.56 Å². The number of rotatable bonds is 3. The topological polar surface area (TPSA) is 20.2 Å². The first-order chi connectivity index (χ1) is 6.52. The summed E-state index contributed by atoms with van der Waals surface area (Å²) in [6, 6.07) is 7.28. The van der Waals surface area contributed by atoms with Gasteiger partial charge in [-0.05, 0) is 31.4 Å². The van der Waals surface area contributed by atoms with Crippen molar-refractivity contribution in [2.45, 2.75) is 39.0 Å². The maximum atomic E-state index is 14.4. The number of hydrogen-bond acceptors (Lipinski definition) is 1. The second kappa shape index (κ2) is 4.09. The van der Waals surface area contributed by atoms with E-state index < -0.39 is 11.8 Å². The van der Waals surface area contributed by atoms with Gasteiger partial charge in [0.1, 0.15) is 0 Å². The largest absolute Gasteiger partial charge is 0.390 e. The Bertz CT molecular complexity index is 309. The van der Waals surface area contributed by atoms with Crippen molar-refractivity contribution in [3.63, 3.8) is 0 Å². The summed E-state index contributed by atoms with van der Waals surface area (Å²) in [6.45, 7) is 5.11. The zero-order valence-corrected chi connectivity index (χ0v) is 8.92. The van der Waals surface area contributed by atoms with Crippen LogP contribution in [0.1, 0.15) is 31.4 Å². The lowest BCUT2D eigenvalue weighted by Gasteiger charge is -2.28. The predicted molar refractivity (Wildman–Crippen MR) is 55.9 cm³/mol. The van der Waals surface area contributed by atoms with Crippen LogP contribution in [0.25, 0.3) is 0 Å². The van der Waals surface area contributed by atoms with Crippen molar-refractivity contribution < 1.29 is 9.50 Å². The summed E-state index contributed by atoms with van der Waals surface area (Å²) in [5.74, 6) is 0. The van der Waals surface area contributed by atoms with Crippen molar-refractivity contribution in [1.82, 2.24) is 0 Å². The number of hydrogen-bond donors (Lipinski definition) is 1. The fourth-order valence-corrected chi connectivity index (χ4v) is 1.75. The minimum Gasteiger partial charge on any atom is -0.390 e. The monoisotopic (exact) mass is 196 g/mol. The van der Waals surface area contributed by atoms with E-state index in [1.807, 2.05) is 19.1 Å². The van der Waals surface area contributed by atoms with Crippen molar-refractivity contribution in [1.29, 1.82) is 0 Å². The molecule has 1 N–H and O–H groups in total. The average molecular weight is 196 g/mol. The lowest BCUT2D eigenvalue weighted by Crippen LogP contribution is -2.33. The molecule has 0 aliphatic carbocycles. The third-order valence-corrected chi connectivity index (χ3v) is 2.77. The van der Waals surface area contributed by atoms with Crippen molar-refractivity contribution in [2.75, 3.05) is 0 Å². The van der Waals surface area contributed by atoms with Crippen LogP contribution >= 0.6 is 0 Å². The van der Waals surface area contributed by atoms with Gasteiger partial charge in [-0.15, -0.1) is 0 Å². The van der Waals surface area contributed by atoms with Gasteiger partial charge in [0, 0.05) is 0 Å². The average Bonchev–Trinajstić information content (AvgIpc) is 2.17. The van der Waals surface area contributed by atoms with E-state index in [1.165, 1.54) is 6.92 Å². The maximum absolute atomic E-state index is 14.4. The maximum Gasteiger partial charge on any atom is 0.161 e. The Morgan fingerprint density at radius 1 is 1.43 bits per heavy atom. The molecule has 0 bridgehead atoms. The van der Waals surface area contributed by atoms with Crippen LogP contribution in [0.4, 0.5) is 4.39 Å². The van der Waals surface area contributed by atoms with E-state index in [0.29, 0.717) is 5.56 Å². The van der Waals surface area contributed by atoms with Crippen LogP contribution in [0, 0.1) is 6.92 Å². The third-order valence-electron chi connectivity index (χ3n) is 2.77. The molecule has 2 unspecified atom stereocenters. The quantitative estimate of drug-likeness (QED) is 0.788. The highest BCUT2D eigenvalue weighted by molar-refractivity contribution is 5.32. The van der Waals surface area contributed by atoms with Gasteiger partial charge < -0.3 is 5.11 Å². The first kappa shape index (κ1) is 11.2. The Hall–Kier alpha value is -0.890. The van der Waals surface area contributed by atoms with Crippen molar-refractivity contribution >= 4 is 0 Å². The Kier molecular flexibility index (Phi) is 3.27. The second-order valence-electron chi connectivity index (χ2n) is 3.71. The van der Waals surface area contributed by atoms with Gasteiger partial charge in [-0.25, -0.2) is 4.39 Å². The first-order valence-corrected chi connectivity index (χ1v) is 4.95. The molecule has 2 heteroatoms. The molecular formula is C12H17FO. The van der Waals surface area contributed by atoms with E-state index in [1.54, 1.807) is 19.1 Å². The van der Waals surface area contributed by atoms with E-state index in [4.69, 9.17) is 0 Å². The minimum absolute atomic E-state index is 0.287. The fourth-order valence-electron chi connectivity index (χ4n) is 1.75. The Labute approximate surface area is 84.6 Å². The summed E-state index contributed by atoms with van der Waals surface area (Å²) < 4.78 is 14.4. The third kappa shape index (κ3) is 1.80. The number of benzene rings is 1. The summed E-state index contributed by atoms with van der Waals surface area (Å²) in [5.41, 5.74) is -0.138. The van der Waals surface area contributed by atoms with E-state index in [9.17, 15) is 9.50 Å². The molecular weight excluding hydrogens is 179 g/mol. The second-order valence-corrected chi connectivity index (χ2v) is 3.71. The molecule has 0 radical (unpaired) electrons. The summed E-state index contributed by atoms with van der Waals surface area (Å²) in [4.78, 5) is 0. The lowest BCUT2D eigenvalue weighted by molar-refractivity contribution is -0.00452. The molecule has 1 aromatic rings. The highest BCUT2D eigenvalue weighted by Crippen LogP contribution is 2.35. The minimum atomic E-state index is -1.62. The van der Waals surface area contributed by atoms with Crippen molar-refractivity contribution in [2.24, 2.45) is 0 Å². The van der Waals surface area contributed by atoms with Crippen LogP contribution < -0.4 is 0 Å². The molecule has 0 aliphatic rings. The molecule has 78 valence electrons. The van der Waals surface area contributed by atoms with E-state index >= 15 is 0 Å². The number of halogens is 1. The molecule has 1 nitrogen and oxygen atoms in total. The Balaban J connectivity index is 3.19. The molecule has 0 spiro atoms. The van der Waals surface area contributed by atoms with E-state index in [-0.39, 0.29) is 6.42 Å². The van der Waals surface area contributed by atoms with Crippen molar-refractivity contribution in [3.05, 3.63) is 35.4 Å². The van der Waals surface area contributed by atoms with Crippen LogP contribution in [0.15, 0.2) is 24.3 Å². The normalized spacial score (nSPS) is 17.5. The molecule has 0 saturated heterocycles. The SMILES string of the molecule is CCC(F)(c1ccccc1C)C(C)O. The van der Waals surface area contributed by atoms with Gasteiger partial charge in [-0.3, -0.25) is 0 Å². The fraction of sp³-hybridized carbons (Fsp3) is 0.500. The zero-order chi connectivity index (χ0) is 10.8. The standard InChI is InChI=1S/C12H17FO/c1-4-12(13,10(3)14)11-8-6-5-7-9(11)2/h5-8,10,14H,4H2,1-3H3. The van der Waals surface area contributed by atoms with Gasteiger partial charge in [0.05, 0.1) is 6.10 Å². The van der Waals surface area contributed by atoms with Crippen LogP contribution in [0.2, 0.25) is 0 Å². The van der Waals surface area contributed by atoms with Crippen LogP contribution in [-0.2, 0) is 5.67 Å². The molecule has 1 aromatic carbocycles. The Morgan fingerprint density at radius 2 is 2.00 bits per heavy atom. The van der Waals surface area contributed by atoms with E-state index in [2.05, 4.69) is 0 Å². The molecule has 1 rings (SSSR count). The van der Waals surface area contributed by atoms with Gasteiger partial charge in [0.2, 0.25) is 0 Å². The smallest absolute Gasteiger partial charge is 0.161 e. The summed E-state index contributed by atoms with van der Waals surface area (Å²) in [5, 5.41) is 9.47. The van der Waals surface area contributed by atoms with Crippen LogP contribution in [0.3, 0.4) is 0 Å². The Morgan fingerprint density at radius 3 is 2.43 bits per heavy atom. The molecule has 0 fully saturated rings. The highest BCUT2D eigenvalue weighted by Gasteiger charge is 2.36. The predicted octanol–water partition coefficient (Wildman–Crippen LogP) is 2.95. The zero-order valence-electron chi connectivity index (χ0n) is 8.92. The van der Waals surface area contributed by atoms with Crippen LogP contribution in [-0.4, -0.2) is 11.2 Å². The number of aliphatic hydroxyl groups is 1. The van der Waals surface area contributed by atoms with Crippen LogP contribution in [0.5, 0.6) is 0 Å². The summed E-state index contributed by atoms with van der Waals surface area (Å²) in [7, 11) is 0. The summed E-state index contributed by atoms with van der Waals surface area (Å²) >= 11 is 0. The molecule has 14 heavy (non-hydrogen) atoms. The van der Waals surface area contributed by atoms with Gasteiger partial charge in [-0.1, -0.05) is 31.2 Å². The highest BCUT2D eigenvalue weighted by atomic mass is 19.1. The van der Waals surface area contributed by atoms with Gasteiger partial charge >= 0.3 is 0 Å². The summed E-state index contributed by atoms with van der Waals surface area (Å²) in [6.07, 6.45) is -0.691. The van der Waals surface area contributed by atoms with Gasteiger partial charge in [-0.2, -0.15) is 0 Å². The lowest BCUT2D eigenvalue weighted by atomic mass is 9.86.